The van der Waals surface area contributed by atoms with Crippen molar-refractivity contribution >= 4 is 46.5 Å². The standard InChI is InChI=1S/C29H25N7O4/c37-26(38)21-10-8-20(9-11-21)25-13-12-22(40-25)18-30-35-28-32-27(33-29(34-28)36-14-16-39-17-15-36)31-24-7-3-5-19-4-1-2-6-23(19)24/h1-13,18H,14-17H2,(H,37,38)(H2,31,32,33,34,35). The van der Waals surface area contributed by atoms with Gasteiger partial charge in [0.25, 0.3) is 0 Å². The van der Waals surface area contributed by atoms with E-state index in [2.05, 4.69) is 42.9 Å². The molecule has 3 aromatic carbocycles. The zero-order valence-corrected chi connectivity index (χ0v) is 21.3. The minimum absolute atomic E-state index is 0.212. The Morgan fingerprint density at radius 3 is 2.50 bits per heavy atom. The average Bonchev–Trinajstić information content (AvgIpc) is 3.47. The van der Waals surface area contributed by atoms with Gasteiger partial charge in [0.2, 0.25) is 17.8 Å². The summed E-state index contributed by atoms with van der Waals surface area (Å²) in [6.45, 7) is 2.53. The molecule has 5 aromatic rings. The van der Waals surface area contributed by atoms with E-state index in [0.717, 1.165) is 22.0 Å². The molecule has 6 rings (SSSR count). The number of carboxylic acid groups (broad SMARTS) is 1. The second-order valence-electron chi connectivity index (χ2n) is 8.99. The number of hydrogen-bond donors (Lipinski definition) is 3. The molecule has 1 fully saturated rings. The molecule has 11 heteroatoms. The van der Waals surface area contributed by atoms with Crippen molar-refractivity contribution in [2.45, 2.75) is 0 Å². The highest BCUT2D eigenvalue weighted by atomic mass is 16.5. The Hall–Kier alpha value is -5.29. The van der Waals surface area contributed by atoms with Crippen molar-refractivity contribution in [2.24, 2.45) is 5.10 Å². The molecule has 0 atom stereocenters. The van der Waals surface area contributed by atoms with Gasteiger partial charge in [-0.2, -0.15) is 20.1 Å². The molecule has 200 valence electrons. The SMILES string of the molecule is O=C(O)c1ccc(-c2ccc(C=NNc3nc(Nc4cccc5ccccc45)nc(N4CCOCC4)n3)o2)cc1. The van der Waals surface area contributed by atoms with E-state index >= 15 is 0 Å². The Balaban J connectivity index is 1.23. The van der Waals surface area contributed by atoms with E-state index in [1.54, 1.807) is 24.3 Å². The molecule has 0 unspecified atom stereocenters. The van der Waals surface area contributed by atoms with E-state index in [0.29, 0.717) is 49.7 Å². The first-order valence-electron chi connectivity index (χ1n) is 12.7. The van der Waals surface area contributed by atoms with Gasteiger partial charge in [0.15, 0.2) is 0 Å². The molecular weight excluding hydrogens is 510 g/mol. The third-order valence-corrected chi connectivity index (χ3v) is 6.35. The predicted octanol–water partition coefficient (Wildman–Crippen LogP) is 5.01. The molecule has 0 bridgehead atoms. The van der Waals surface area contributed by atoms with Crippen LogP contribution in [0.3, 0.4) is 0 Å². The molecule has 2 aromatic heterocycles. The molecule has 3 heterocycles. The lowest BCUT2D eigenvalue weighted by molar-refractivity contribution is 0.0697. The summed E-state index contributed by atoms with van der Waals surface area (Å²) in [5, 5.41) is 18.9. The maximum atomic E-state index is 11.1. The van der Waals surface area contributed by atoms with E-state index in [1.807, 2.05) is 35.2 Å². The van der Waals surface area contributed by atoms with Gasteiger partial charge in [-0.25, -0.2) is 10.2 Å². The normalized spacial score (nSPS) is 13.6. The zero-order valence-electron chi connectivity index (χ0n) is 21.3. The quantitative estimate of drug-likeness (QED) is 0.184. The van der Waals surface area contributed by atoms with Gasteiger partial charge in [0.05, 0.1) is 25.0 Å². The topological polar surface area (TPSA) is 138 Å². The number of hydrogen-bond acceptors (Lipinski definition) is 10. The molecule has 0 saturated carbocycles. The number of hydrazone groups is 1. The number of ether oxygens (including phenoxy) is 1. The van der Waals surface area contributed by atoms with E-state index in [-0.39, 0.29) is 11.5 Å². The van der Waals surface area contributed by atoms with Crippen LogP contribution in [0.4, 0.5) is 23.5 Å². The molecule has 1 aliphatic rings. The van der Waals surface area contributed by atoms with Crippen LogP contribution in [0.25, 0.3) is 22.1 Å². The number of carboxylic acids is 1. The lowest BCUT2D eigenvalue weighted by Gasteiger charge is -2.27. The smallest absolute Gasteiger partial charge is 0.335 e. The van der Waals surface area contributed by atoms with Crippen LogP contribution < -0.4 is 15.6 Å². The molecular formula is C29H25N7O4. The molecule has 40 heavy (non-hydrogen) atoms. The Morgan fingerprint density at radius 2 is 1.68 bits per heavy atom. The summed E-state index contributed by atoms with van der Waals surface area (Å²) in [5.41, 5.74) is 4.74. The fourth-order valence-corrected chi connectivity index (χ4v) is 4.34. The predicted molar refractivity (Wildman–Crippen MR) is 152 cm³/mol. The Morgan fingerprint density at radius 1 is 0.900 bits per heavy atom. The maximum Gasteiger partial charge on any atom is 0.335 e. The van der Waals surface area contributed by atoms with Crippen molar-refractivity contribution in [1.82, 2.24) is 15.0 Å². The molecule has 0 spiro atoms. The zero-order chi connectivity index (χ0) is 27.3. The first-order chi connectivity index (χ1) is 19.6. The Kier molecular flexibility index (Phi) is 7.01. The second kappa shape index (κ2) is 11.2. The monoisotopic (exact) mass is 535 g/mol. The van der Waals surface area contributed by atoms with Gasteiger partial charge in [-0.15, -0.1) is 0 Å². The number of anilines is 4. The third kappa shape index (κ3) is 5.59. The summed E-state index contributed by atoms with van der Waals surface area (Å²) in [6.07, 6.45) is 1.52. The molecule has 0 radical (unpaired) electrons. The third-order valence-electron chi connectivity index (χ3n) is 6.35. The molecule has 0 aliphatic carbocycles. The van der Waals surface area contributed by atoms with Crippen LogP contribution in [0, 0.1) is 0 Å². The fraction of sp³-hybridized carbons (Fsp3) is 0.138. The molecule has 0 amide bonds. The van der Waals surface area contributed by atoms with Gasteiger partial charge in [0.1, 0.15) is 11.5 Å². The fourth-order valence-electron chi connectivity index (χ4n) is 4.34. The maximum absolute atomic E-state index is 11.1. The van der Waals surface area contributed by atoms with Gasteiger partial charge in [-0.05, 0) is 35.7 Å². The van der Waals surface area contributed by atoms with Crippen molar-refractivity contribution in [3.05, 3.63) is 90.2 Å². The number of nitrogens with zero attached hydrogens (tertiary/aromatic N) is 5. The van der Waals surface area contributed by atoms with Gasteiger partial charge >= 0.3 is 5.97 Å². The van der Waals surface area contributed by atoms with Crippen LogP contribution in [0.1, 0.15) is 16.1 Å². The van der Waals surface area contributed by atoms with Gasteiger partial charge in [-0.3, -0.25) is 0 Å². The number of aromatic carboxylic acids is 1. The summed E-state index contributed by atoms with van der Waals surface area (Å²) in [6, 6.07) is 24.1. The Labute approximate surface area is 229 Å². The summed E-state index contributed by atoms with van der Waals surface area (Å²) >= 11 is 0. The second-order valence-corrected chi connectivity index (χ2v) is 8.99. The molecule has 3 N–H and O–H groups in total. The largest absolute Gasteiger partial charge is 0.478 e. The van der Waals surface area contributed by atoms with Gasteiger partial charge in [0, 0.05) is 29.7 Å². The van der Waals surface area contributed by atoms with Crippen molar-refractivity contribution < 1.29 is 19.1 Å². The van der Waals surface area contributed by atoms with Crippen LogP contribution in [0.5, 0.6) is 0 Å². The van der Waals surface area contributed by atoms with Crippen LogP contribution in [-0.4, -0.2) is 58.5 Å². The number of aromatic nitrogens is 3. The first kappa shape index (κ1) is 25.0. The van der Waals surface area contributed by atoms with E-state index in [4.69, 9.17) is 14.3 Å². The van der Waals surface area contributed by atoms with Crippen molar-refractivity contribution in [2.75, 3.05) is 41.9 Å². The Bertz CT molecular complexity index is 1670. The van der Waals surface area contributed by atoms with E-state index < -0.39 is 5.97 Å². The lowest BCUT2D eigenvalue weighted by atomic mass is 10.1. The number of fused-ring (bicyclic) bond motifs is 1. The van der Waals surface area contributed by atoms with Crippen LogP contribution in [0.15, 0.2) is 88.4 Å². The van der Waals surface area contributed by atoms with Crippen LogP contribution in [-0.2, 0) is 4.74 Å². The number of morpholine rings is 1. The van der Waals surface area contributed by atoms with Crippen molar-refractivity contribution in [3.63, 3.8) is 0 Å². The highest BCUT2D eigenvalue weighted by molar-refractivity contribution is 5.95. The van der Waals surface area contributed by atoms with Gasteiger partial charge < -0.3 is 24.5 Å². The minimum Gasteiger partial charge on any atom is -0.478 e. The highest BCUT2D eigenvalue weighted by Gasteiger charge is 2.17. The number of benzene rings is 3. The lowest BCUT2D eigenvalue weighted by Crippen LogP contribution is -2.37. The van der Waals surface area contributed by atoms with Gasteiger partial charge in [-0.1, -0.05) is 48.5 Å². The average molecular weight is 536 g/mol. The molecule has 1 saturated heterocycles. The molecule has 11 nitrogen and oxygen atoms in total. The first-order valence-corrected chi connectivity index (χ1v) is 12.7. The minimum atomic E-state index is -0.976. The van der Waals surface area contributed by atoms with Crippen molar-refractivity contribution in [3.8, 4) is 11.3 Å². The summed E-state index contributed by atoms with van der Waals surface area (Å²) in [4.78, 5) is 26.9. The van der Waals surface area contributed by atoms with Crippen molar-refractivity contribution in [1.29, 1.82) is 0 Å². The molecule has 1 aliphatic heterocycles. The van der Waals surface area contributed by atoms with E-state index in [1.165, 1.54) is 18.3 Å². The highest BCUT2D eigenvalue weighted by Crippen LogP contribution is 2.26. The number of rotatable bonds is 8. The summed E-state index contributed by atoms with van der Waals surface area (Å²) < 4.78 is 11.3. The van der Waals surface area contributed by atoms with Crippen LogP contribution >= 0.6 is 0 Å². The number of carbonyl (C=O) groups is 1. The number of furan rings is 1. The summed E-state index contributed by atoms with van der Waals surface area (Å²) in [7, 11) is 0. The number of nitrogens with one attached hydrogen (secondary N) is 2. The van der Waals surface area contributed by atoms with E-state index in [9.17, 15) is 4.79 Å². The van der Waals surface area contributed by atoms with Crippen LogP contribution in [0.2, 0.25) is 0 Å². The summed E-state index contributed by atoms with van der Waals surface area (Å²) in [5.74, 6) is 1.29.